The number of benzene rings is 3. The van der Waals surface area contributed by atoms with Crippen LogP contribution in [0.1, 0.15) is 115 Å². The van der Waals surface area contributed by atoms with E-state index in [4.69, 9.17) is 19.4 Å². The maximum absolute atomic E-state index is 13.0. The van der Waals surface area contributed by atoms with E-state index in [9.17, 15) is 9.59 Å². The quantitative estimate of drug-likeness (QED) is 0.165. The number of fused-ring (bicyclic) bond motifs is 4. The molecule has 1 saturated heterocycles. The Morgan fingerprint density at radius 2 is 1.44 bits per heavy atom. The molecule has 5 aromatic rings. The predicted molar refractivity (Wildman–Crippen MR) is 211 cm³/mol. The topological polar surface area (TPSA) is 125 Å². The summed E-state index contributed by atoms with van der Waals surface area (Å²) in [5.41, 5.74) is 9.33. The van der Waals surface area contributed by atoms with Crippen LogP contribution in [0.3, 0.4) is 0 Å². The summed E-state index contributed by atoms with van der Waals surface area (Å²) in [6, 6.07) is 21.7. The maximum atomic E-state index is 13.0. The second kappa shape index (κ2) is 13.6. The number of imidazole rings is 2. The lowest BCUT2D eigenvalue weighted by atomic mass is 9.81. The molecule has 8 rings (SSSR count). The molecule has 3 heterocycles. The zero-order valence-electron chi connectivity index (χ0n) is 32.4. The van der Waals surface area contributed by atoms with Gasteiger partial charge in [0.2, 0.25) is 0 Å². The van der Waals surface area contributed by atoms with Gasteiger partial charge in [-0.05, 0) is 120 Å². The minimum absolute atomic E-state index is 0.0996. The Morgan fingerprint density at radius 3 is 2.15 bits per heavy atom. The van der Waals surface area contributed by atoms with Gasteiger partial charge in [-0.15, -0.1) is 0 Å². The van der Waals surface area contributed by atoms with Crippen molar-refractivity contribution in [3.8, 4) is 33.5 Å². The van der Waals surface area contributed by atoms with E-state index in [1.807, 2.05) is 46.4 Å². The summed E-state index contributed by atoms with van der Waals surface area (Å²) in [6.45, 7) is 12.0. The number of hydrogen-bond donors (Lipinski definition) is 3. The van der Waals surface area contributed by atoms with Crippen LogP contribution in [0, 0.1) is 0 Å². The van der Waals surface area contributed by atoms with Crippen LogP contribution in [0.4, 0.5) is 9.59 Å². The van der Waals surface area contributed by atoms with Gasteiger partial charge in [-0.2, -0.15) is 0 Å². The van der Waals surface area contributed by atoms with Gasteiger partial charge in [-0.3, -0.25) is 4.90 Å². The number of likely N-dealkylation sites (tertiary alicyclic amines) is 1. The van der Waals surface area contributed by atoms with Gasteiger partial charge >= 0.3 is 12.2 Å². The third kappa shape index (κ3) is 7.22. The van der Waals surface area contributed by atoms with Crippen LogP contribution < -0.4 is 5.32 Å². The average Bonchev–Trinajstić information content (AvgIpc) is 3.89. The molecular formula is C44H52N6O4. The first-order valence-electron chi connectivity index (χ1n) is 19.6. The summed E-state index contributed by atoms with van der Waals surface area (Å²) in [5.74, 6) is 1.65. The van der Waals surface area contributed by atoms with Gasteiger partial charge in [0.25, 0.3) is 0 Å². The predicted octanol–water partition coefficient (Wildman–Crippen LogP) is 10.1. The first-order valence-corrected chi connectivity index (χ1v) is 19.6. The molecule has 10 heteroatoms. The minimum atomic E-state index is -0.573. The number of nitrogens with zero attached hydrogens (tertiary/aromatic N) is 3. The number of rotatable bonds is 5. The third-order valence-corrected chi connectivity index (χ3v) is 10.9. The van der Waals surface area contributed by atoms with Crippen molar-refractivity contribution in [1.29, 1.82) is 0 Å². The average molecular weight is 729 g/mol. The number of alkyl carbamates (subject to hydrolysis) is 1. The van der Waals surface area contributed by atoms with E-state index < -0.39 is 22.8 Å². The Hall–Kier alpha value is -5.12. The highest BCUT2D eigenvalue weighted by atomic mass is 16.6. The van der Waals surface area contributed by atoms with Crippen molar-refractivity contribution < 1.29 is 19.1 Å². The van der Waals surface area contributed by atoms with E-state index in [2.05, 4.69) is 75.9 Å². The Kier molecular flexibility index (Phi) is 9.05. The highest BCUT2D eigenvalue weighted by Crippen LogP contribution is 2.40. The molecule has 54 heavy (non-hydrogen) atoms. The largest absolute Gasteiger partial charge is 0.444 e. The van der Waals surface area contributed by atoms with Crippen molar-refractivity contribution in [2.24, 2.45) is 0 Å². The molecule has 0 unspecified atom stereocenters. The lowest BCUT2D eigenvalue weighted by Gasteiger charge is -2.36. The molecule has 282 valence electrons. The number of ether oxygens (including phenoxy) is 2. The van der Waals surface area contributed by atoms with Crippen molar-refractivity contribution in [3.05, 3.63) is 83.6 Å². The Bertz CT molecular complexity index is 2200. The molecule has 2 aliphatic carbocycles. The van der Waals surface area contributed by atoms with Gasteiger partial charge in [-0.25, -0.2) is 19.6 Å². The molecular weight excluding hydrogens is 677 g/mol. The molecule has 10 nitrogen and oxygen atoms in total. The molecule has 1 aliphatic heterocycles. The number of aromatic nitrogens is 4. The van der Waals surface area contributed by atoms with Gasteiger partial charge in [0, 0.05) is 12.1 Å². The summed E-state index contributed by atoms with van der Waals surface area (Å²) in [5, 5.41) is 3.21. The lowest BCUT2D eigenvalue weighted by molar-refractivity contribution is 0.0218. The van der Waals surface area contributed by atoms with Crippen LogP contribution in [0.25, 0.3) is 44.5 Å². The van der Waals surface area contributed by atoms with E-state index in [0.29, 0.717) is 6.54 Å². The van der Waals surface area contributed by atoms with Crippen LogP contribution >= 0.6 is 0 Å². The van der Waals surface area contributed by atoms with Crippen molar-refractivity contribution in [1.82, 2.24) is 30.2 Å². The first-order chi connectivity index (χ1) is 25.7. The van der Waals surface area contributed by atoms with Crippen molar-refractivity contribution in [2.75, 3.05) is 6.54 Å². The number of hydrogen-bond acceptors (Lipinski definition) is 6. The summed E-state index contributed by atoms with van der Waals surface area (Å²) >= 11 is 0. The Morgan fingerprint density at radius 1 is 0.778 bits per heavy atom. The molecule has 1 atom stereocenters. The molecule has 2 aromatic heterocycles. The molecule has 3 N–H and O–H groups in total. The van der Waals surface area contributed by atoms with Gasteiger partial charge < -0.3 is 24.8 Å². The molecule has 0 spiro atoms. The molecule has 3 aliphatic rings. The SMILES string of the molecule is CC(C)(C)OC(=O)NC1(c2nc3ccc(-c4ccc(-c5ccc6c(c5)CCc5nc([C@@H]7CCCN7C(=O)OC(C)(C)C)[nH]c5-6)cc4)cc3[nH]2)CCCCC1. The van der Waals surface area contributed by atoms with E-state index in [1.165, 1.54) is 16.7 Å². The highest BCUT2D eigenvalue weighted by Gasteiger charge is 2.40. The zero-order valence-corrected chi connectivity index (χ0v) is 32.4. The number of aromatic amines is 2. The minimum Gasteiger partial charge on any atom is -0.444 e. The van der Waals surface area contributed by atoms with Crippen LogP contribution in [0.2, 0.25) is 0 Å². The fourth-order valence-corrected chi connectivity index (χ4v) is 8.40. The Balaban J connectivity index is 0.998. The van der Waals surface area contributed by atoms with Gasteiger partial charge in [0.05, 0.1) is 28.5 Å². The number of carbonyl (C=O) groups excluding carboxylic acids is 2. The summed E-state index contributed by atoms with van der Waals surface area (Å²) < 4.78 is 11.4. The number of amides is 2. The molecule has 1 saturated carbocycles. The number of aryl methyl sites for hydroxylation is 2. The Labute approximate surface area is 317 Å². The zero-order chi connectivity index (χ0) is 37.8. The van der Waals surface area contributed by atoms with Crippen LogP contribution in [-0.2, 0) is 27.9 Å². The fourth-order valence-electron chi connectivity index (χ4n) is 8.40. The third-order valence-electron chi connectivity index (χ3n) is 10.9. The van der Waals surface area contributed by atoms with E-state index in [-0.39, 0.29) is 12.1 Å². The highest BCUT2D eigenvalue weighted by molar-refractivity contribution is 5.83. The smallest absolute Gasteiger partial charge is 0.410 e. The second-order valence-corrected chi connectivity index (χ2v) is 17.3. The van der Waals surface area contributed by atoms with Crippen LogP contribution in [0.5, 0.6) is 0 Å². The van der Waals surface area contributed by atoms with Crippen molar-refractivity contribution >= 4 is 23.2 Å². The van der Waals surface area contributed by atoms with E-state index in [0.717, 1.165) is 109 Å². The van der Waals surface area contributed by atoms with Gasteiger partial charge in [0.1, 0.15) is 28.4 Å². The maximum Gasteiger partial charge on any atom is 0.410 e. The van der Waals surface area contributed by atoms with Crippen LogP contribution in [0.15, 0.2) is 60.7 Å². The second-order valence-electron chi connectivity index (χ2n) is 17.3. The molecule has 2 fully saturated rings. The molecule has 2 amide bonds. The summed E-state index contributed by atoms with van der Waals surface area (Å²) in [6.07, 6.45) is 7.74. The number of nitrogens with one attached hydrogen (secondary N) is 3. The number of carbonyl (C=O) groups is 2. The number of H-pyrrole nitrogens is 2. The summed E-state index contributed by atoms with van der Waals surface area (Å²) in [7, 11) is 0. The monoisotopic (exact) mass is 728 g/mol. The fraction of sp³-hybridized carbons (Fsp3) is 0.455. The van der Waals surface area contributed by atoms with E-state index >= 15 is 0 Å². The van der Waals surface area contributed by atoms with Gasteiger partial charge in [0.15, 0.2) is 0 Å². The van der Waals surface area contributed by atoms with E-state index in [1.54, 1.807) is 0 Å². The molecule has 3 aromatic carbocycles. The molecule has 0 radical (unpaired) electrons. The molecule has 0 bridgehead atoms. The van der Waals surface area contributed by atoms with Gasteiger partial charge in [-0.1, -0.05) is 67.8 Å². The van der Waals surface area contributed by atoms with Crippen molar-refractivity contribution in [3.63, 3.8) is 0 Å². The lowest BCUT2D eigenvalue weighted by Crippen LogP contribution is -2.49. The van der Waals surface area contributed by atoms with Crippen molar-refractivity contribution in [2.45, 2.75) is 122 Å². The van der Waals surface area contributed by atoms with Crippen LogP contribution in [-0.4, -0.2) is 54.8 Å². The normalized spacial score (nSPS) is 18.3. The first kappa shape index (κ1) is 35.9. The summed E-state index contributed by atoms with van der Waals surface area (Å²) in [4.78, 5) is 44.9. The standard InChI is InChI=1S/C44H52N6O4/c1-42(2,3)53-40(51)49-44(22-8-7-9-23-44)39-46-33-20-17-30(26-35(33)47-39)28-14-12-27(13-15-28)29-16-19-32-31(25-29)18-21-34-37(32)48-38(45-34)36-11-10-24-50(36)41(52)54-43(4,5)6/h12-17,19-20,25-26,36H,7-11,18,21-24H2,1-6H3,(H,45,48)(H,46,47)(H,49,51)/t36-/m0/s1.